The van der Waals surface area contributed by atoms with E-state index in [-0.39, 0.29) is 18.9 Å². The second kappa shape index (κ2) is 9.75. The summed E-state index contributed by atoms with van der Waals surface area (Å²) in [5, 5.41) is 21.3. The van der Waals surface area contributed by atoms with Gasteiger partial charge in [0.15, 0.2) is 5.82 Å². The molecule has 1 saturated carbocycles. The maximum Gasteiger partial charge on any atom is 0.263 e. The topological polar surface area (TPSA) is 112 Å². The summed E-state index contributed by atoms with van der Waals surface area (Å²) in [6, 6.07) is 0.694. The molecule has 202 valence electrons. The number of piperidine rings is 1. The molecule has 2 aromatic heterocycles. The van der Waals surface area contributed by atoms with Crippen LogP contribution < -0.4 is 15.5 Å². The molecule has 1 unspecified atom stereocenters. The molecule has 1 spiro atoms. The van der Waals surface area contributed by atoms with Crippen molar-refractivity contribution < 1.29 is 19.0 Å². The van der Waals surface area contributed by atoms with Crippen molar-refractivity contribution in [2.24, 2.45) is 17.1 Å². The normalized spacial score (nSPS) is 23.5. The van der Waals surface area contributed by atoms with Crippen molar-refractivity contribution in [3.8, 4) is 0 Å². The first-order valence-electron chi connectivity index (χ1n) is 12.6. The number of aromatic nitrogens is 3. The van der Waals surface area contributed by atoms with E-state index in [9.17, 15) is 19.0 Å². The van der Waals surface area contributed by atoms with Crippen LogP contribution in [0, 0.1) is 11.3 Å². The number of aliphatic hydroxyl groups is 2. The maximum absolute atomic E-state index is 14.1. The molecule has 12 heteroatoms. The van der Waals surface area contributed by atoms with E-state index in [2.05, 4.69) is 15.0 Å². The molecule has 3 aliphatic rings. The van der Waals surface area contributed by atoms with Crippen LogP contribution in [-0.2, 0) is 6.61 Å². The molecule has 0 amide bonds. The zero-order chi connectivity index (χ0) is 26.6. The van der Waals surface area contributed by atoms with Crippen LogP contribution in [0.25, 0.3) is 0 Å². The van der Waals surface area contributed by atoms with Gasteiger partial charge in [-0.1, -0.05) is 23.4 Å². The lowest BCUT2D eigenvalue weighted by molar-refractivity contribution is -0.0279. The Hall–Kier alpha value is -1.79. The summed E-state index contributed by atoms with van der Waals surface area (Å²) in [5.41, 5.74) is 5.11. The molecule has 8 nitrogen and oxygen atoms in total. The minimum Gasteiger partial charge on any atom is -0.390 e. The number of pyridine rings is 1. The molecule has 1 atom stereocenters. The van der Waals surface area contributed by atoms with Gasteiger partial charge < -0.3 is 25.7 Å². The number of rotatable bonds is 6. The smallest absolute Gasteiger partial charge is 0.263 e. The summed E-state index contributed by atoms with van der Waals surface area (Å²) in [6.07, 6.45) is 4.74. The molecule has 4 N–H and O–H groups in total. The molecule has 0 bridgehead atoms. The summed E-state index contributed by atoms with van der Waals surface area (Å²) < 4.78 is 28.2. The van der Waals surface area contributed by atoms with Crippen molar-refractivity contribution in [3.05, 3.63) is 29.2 Å². The number of nitrogens with zero attached hydrogens (tertiary/aromatic N) is 5. The first-order valence-corrected chi connectivity index (χ1v) is 13.8. The van der Waals surface area contributed by atoms with Gasteiger partial charge in [-0.2, -0.15) is 0 Å². The number of anilines is 2. The van der Waals surface area contributed by atoms with E-state index in [1.165, 1.54) is 11.8 Å². The van der Waals surface area contributed by atoms with Crippen LogP contribution in [0.4, 0.5) is 20.4 Å². The number of aliphatic hydroxyl groups excluding tert-OH is 1. The Kier molecular flexibility index (Phi) is 7.06. The van der Waals surface area contributed by atoms with Crippen molar-refractivity contribution in [1.29, 1.82) is 0 Å². The van der Waals surface area contributed by atoms with E-state index < -0.39 is 23.0 Å². The van der Waals surface area contributed by atoms with Gasteiger partial charge in [-0.25, -0.2) is 23.7 Å². The minimum atomic E-state index is -2.81. The van der Waals surface area contributed by atoms with Crippen LogP contribution in [0.1, 0.15) is 45.2 Å². The van der Waals surface area contributed by atoms with Gasteiger partial charge in [0, 0.05) is 49.6 Å². The van der Waals surface area contributed by atoms with Gasteiger partial charge >= 0.3 is 0 Å². The first-order chi connectivity index (χ1) is 17.4. The maximum atomic E-state index is 14.1. The molecule has 2 saturated heterocycles. The molecule has 4 heterocycles. The lowest BCUT2D eigenvalue weighted by Gasteiger charge is -2.46. The highest BCUT2D eigenvalue weighted by Gasteiger charge is 2.57. The predicted molar refractivity (Wildman–Crippen MR) is 139 cm³/mol. The SMILES string of the molecule is CC(C)(O)C1CN(c2nccc(Sc3cnc(N4CCC5(CC4)CCC(F)(F)C5N)c(CO)n3)c2Cl)C1. The van der Waals surface area contributed by atoms with Crippen LogP contribution in [0.5, 0.6) is 0 Å². The van der Waals surface area contributed by atoms with Crippen LogP contribution in [0.3, 0.4) is 0 Å². The Balaban J connectivity index is 1.28. The Morgan fingerprint density at radius 1 is 1.14 bits per heavy atom. The van der Waals surface area contributed by atoms with Crippen LogP contribution in [0.2, 0.25) is 5.02 Å². The predicted octanol–water partition coefficient (Wildman–Crippen LogP) is 3.72. The highest BCUT2D eigenvalue weighted by atomic mass is 35.5. The molecule has 2 aromatic rings. The molecule has 0 aromatic carbocycles. The van der Waals surface area contributed by atoms with E-state index >= 15 is 0 Å². The lowest BCUT2D eigenvalue weighted by Crippen LogP contribution is -2.56. The third-order valence-corrected chi connectivity index (χ3v) is 9.76. The third kappa shape index (κ3) is 5.01. The minimum absolute atomic E-state index is 0.151. The second-order valence-corrected chi connectivity index (χ2v) is 12.5. The monoisotopic (exact) mass is 554 g/mol. The Morgan fingerprint density at radius 3 is 2.43 bits per heavy atom. The number of nitrogens with two attached hydrogens (primary N) is 1. The van der Waals surface area contributed by atoms with Crippen molar-refractivity contribution in [1.82, 2.24) is 15.0 Å². The van der Waals surface area contributed by atoms with Crippen LogP contribution in [-0.4, -0.2) is 68.9 Å². The van der Waals surface area contributed by atoms with E-state index in [4.69, 9.17) is 17.3 Å². The first kappa shape index (κ1) is 26.8. The lowest BCUT2D eigenvalue weighted by atomic mass is 9.74. The van der Waals surface area contributed by atoms with E-state index in [1.54, 1.807) is 26.2 Å². The molecule has 0 radical (unpaired) electrons. The molecule has 5 rings (SSSR count). The highest BCUT2D eigenvalue weighted by Crippen LogP contribution is 2.52. The number of hydrogen-bond acceptors (Lipinski definition) is 9. The number of halogens is 3. The second-order valence-electron chi connectivity index (χ2n) is 11.0. The average Bonchev–Trinajstić information content (AvgIpc) is 3.04. The fourth-order valence-corrected chi connectivity index (χ4v) is 6.79. The molecule has 3 fully saturated rings. The van der Waals surface area contributed by atoms with Crippen molar-refractivity contribution in [3.63, 3.8) is 0 Å². The van der Waals surface area contributed by atoms with Gasteiger partial charge in [-0.05, 0) is 44.6 Å². The molecule has 1 aliphatic carbocycles. The Morgan fingerprint density at radius 2 is 1.84 bits per heavy atom. The van der Waals surface area contributed by atoms with Crippen molar-refractivity contribution >= 4 is 35.0 Å². The van der Waals surface area contributed by atoms with Crippen molar-refractivity contribution in [2.75, 3.05) is 36.0 Å². The summed E-state index contributed by atoms with van der Waals surface area (Å²) in [5.74, 6) is -1.42. The van der Waals surface area contributed by atoms with Crippen LogP contribution in [0.15, 0.2) is 28.4 Å². The van der Waals surface area contributed by atoms with Gasteiger partial charge in [-0.3, -0.25) is 0 Å². The summed E-state index contributed by atoms with van der Waals surface area (Å²) >= 11 is 8.02. The zero-order valence-corrected chi connectivity index (χ0v) is 22.6. The van der Waals surface area contributed by atoms with Gasteiger partial charge in [0.1, 0.15) is 16.5 Å². The average molecular weight is 555 g/mol. The quantitative estimate of drug-likeness (QED) is 0.492. The van der Waals surface area contributed by atoms with E-state index in [0.717, 1.165) is 4.90 Å². The number of hydrogen-bond donors (Lipinski definition) is 3. The molecule has 37 heavy (non-hydrogen) atoms. The van der Waals surface area contributed by atoms with E-state index in [1.807, 2.05) is 15.9 Å². The third-order valence-electron chi connectivity index (χ3n) is 8.31. The van der Waals surface area contributed by atoms with Crippen LogP contribution >= 0.6 is 23.4 Å². The Bertz CT molecular complexity index is 1150. The van der Waals surface area contributed by atoms with Gasteiger partial charge in [0.2, 0.25) is 0 Å². The largest absolute Gasteiger partial charge is 0.390 e. The summed E-state index contributed by atoms with van der Waals surface area (Å²) in [7, 11) is 0. The zero-order valence-electron chi connectivity index (χ0n) is 21.0. The molecular weight excluding hydrogens is 522 g/mol. The standard InChI is InChI=1S/C25H33ClF2N6O2S/c1-23(2,36)15-12-34(13-15)21-19(26)17(3-8-30-21)37-18-11-31-20(16(14-35)32-18)33-9-6-24(7-10-33)4-5-25(27,28)22(24)29/h3,8,11,15,22,35-36H,4-7,9-10,12-14,29H2,1-2H3. The van der Waals surface area contributed by atoms with Crippen molar-refractivity contribution in [2.45, 2.75) is 73.6 Å². The molecule has 2 aliphatic heterocycles. The fourth-order valence-electron chi connectivity index (χ4n) is 5.65. The van der Waals surface area contributed by atoms with E-state index in [0.29, 0.717) is 72.8 Å². The summed E-state index contributed by atoms with van der Waals surface area (Å²) in [6.45, 7) is 5.75. The number of alkyl halides is 2. The fraction of sp³-hybridized carbons (Fsp3) is 0.640. The Labute approximate surface area is 224 Å². The summed E-state index contributed by atoms with van der Waals surface area (Å²) in [4.78, 5) is 18.4. The van der Waals surface area contributed by atoms with Gasteiger partial charge in [0.05, 0.1) is 29.5 Å². The van der Waals surface area contributed by atoms with Gasteiger partial charge in [0.25, 0.3) is 5.92 Å². The molecular formula is C25H33ClF2N6O2S. The van der Waals surface area contributed by atoms with Gasteiger partial charge in [-0.15, -0.1) is 0 Å². The highest BCUT2D eigenvalue weighted by molar-refractivity contribution is 7.99.